The van der Waals surface area contributed by atoms with E-state index in [2.05, 4.69) is 34.6 Å². The predicted octanol–water partition coefficient (Wildman–Crippen LogP) is 6.33. The number of hydrogen-bond donors (Lipinski definition) is 1. The number of halogens is 2. The van der Waals surface area contributed by atoms with Gasteiger partial charge in [0.1, 0.15) is 11.8 Å². The number of amides is 1. The predicted molar refractivity (Wildman–Crippen MR) is 121 cm³/mol. The number of nitrogens with one attached hydrogen (secondary N) is 1. The largest absolute Gasteiger partial charge is 0.449 e. The molecule has 0 unspecified atom stereocenters. The fourth-order valence-corrected chi connectivity index (χ4v) is 4.02. The molecule has 0 saturated carbocycles. The van der Waals surface area contributed by atoms with Crippen molar-refractivity contribution >= 4 is 35.4 Å². The van der Waals surface area contributed by atoms with Crippen LogP contribution in [0.3, 0.4) is 0 Å². The Morgan fingerprint density at radius 3 is 2.40 bits per heavy atom. The molecule has 1 aromatic heterocycles. The smallest absolute Gasteiger partial charge is 0.407 e. The minimum atomic E-state index is -0.421. The summed E-state index contributed by atoms with van der Waals surface area (Å²) in [4.78, 5) is 16.1. The van der Waals surface area contributed by atoms with Gasteiger partial charge in [0.15, 0.2) is 0 Å². The third-order valence-electron chi connectivity index (χ3n) is 5.10. The molecule has 1 heterocycles. The minimum Gasteiger partial charge on any atom is -0.449 e. The highest BCUT2D eigenvalue weighted by molar-refractivity contribution is 6.42. The van der Waals surface area contributed by atoms with Crippen molar-refractivity contribution in [2.75, 3.05) is 13.2 Å². The highest BCUT2D eigenvalue weighted by Crippen LogP contribution is 2.44. The van der Waals surface area contributed by atoms with Gasteiger partial charge in [-0.25, -0.2) is 9.78 Å². The Hall–Kier alpha value is -2.82. The molecule has 0 atom stereocenters. The van der Waals surface area contributed by atoms with Crippen molar-refractivity contribution in [2.24, 2.45) is 0 Å². The number of benzene rings is 2. The van der Waals surface area contributed by atoms with E-state index in [-0.39, 0.29) is 11.1 Å². The van der Waals surface area contributed by atoms with E-state index in [1.165, 1.54) is 22.3 Å². The highest BCUT2D eigenvalue weighted by Gasteiger charge is 2.28. The number of carbonyl (C=O) groups is 1. The van der Waals surface area contributed by atoms with Crippen molar-refractivity contribution in [3.8, 4) is 11.1 Å². The van der Waals surface area contributed by atoms with Crippen molar-refractivity contribution in [3.05, 3.63) is 93.7 Å². The molecule has 152 valence electrons. The average Bonchev–Trinajstić information content (AvgIpc) is 3.09. The first-order valence-corrected chi connectivity index (χ1v) is 10.5. The van der Waals surface area contributed by atoms with Gasteiger partial charge >= 0.3 is 6.09 Å². The van der Waals surface area contributed by atoms with Crippen LogP contribution in [0.5, 0.6) is 0 Å². The summed E-state index contributed by atoms with van der Waals surface area (Å²) in [6.07, 6.45) is 5.59. The number of pyridine rings is 1. The van der Waals surface area contributed by atoms with Crippen molar-refractivity contribution in [3.63, 3.8) is 0 Å². The summed E-state index contributed by atoms with van der Waals surface area (Å²) in [6, 6.07) is 18.3. The lowest BCUT2D eigenvalue weighted by Crippen LogP contribution is -2.26. The molecule has 6 heteroatoms. The van der Waals surface area contributed by atoms with Crippen LogP contribution in [-0.4, -0.2) is 24.2 Å². The van der Waals surface area contributed by atoms with Gasteiger partial charge in [-0.05, 0) is 40.3 Å². The van der Waals surface area contributed by atoms with Crippen LogP contribution in [0, 0.1) is 0 Å². The Morgan fingerprint density at radius 2 is 1.70 bits per heavy atom. The van der Waals surface area contributed by atoms with Gasteiger partial charge in [0.05, 0.1) is 5.02 Å². The van der Waals surface area contributed by atoms with E-state index in [4.69, 9.17) is 27.9 Å². The summed E-state index contributed by atoms with van der Waals surface area (Å²) in [6.45, 7) is 0.768. The summed E-state index contributed by atoms with van der Waals surface area (Å²) in [5.74, 6) is 0.0571. The lowest BCUT2D eigenvalue weighted by molar-refractivity contribution is 0.143. The number of fused-ring (bicyclic) bond motifs is 3. The van der Waals surface area contributed by atoms with Crippen LogP contribution in [-0.2, 0) is 4.74 Å². The Bertz CT molecular complexity index is 1050. The molecule has 0 fully saturated rings. The zero-order valence-electron chi connectivity index (χ0n) is 16.1. The maximum absolute atomic E-state index is 12.2. The molecule has 0 radical (unpaired) electrons. The van der Waals surface area contributed by atoms with Gasteiger partial charge in [0.25, 0.3) is 0 Å². The zero-order valence-corrected chi connectivity index (χ0v) is 17.7. The zero-order chi connectivity index (χ0) is 20.9. The number of hydrogen-bond acceptors (Lipinski definition) is 3. The Kier molecular flexibility index (Phi) is 6.36. The van der Waals surface area contributed by atoms with Gasteiger partial charge in [0.2, 0.25) is 0 Å². The van der Waals surface area contributed by atoms with Crippen LogP contribution in [0.2, 0.25) is 10.2 Å². The lowest BCUT2D eigenvalue weighted by atomic mass is 9.98. The van der Waals surface area contributed by atoms with Gasteiger partial charge in [-0.2, -0.15) is 0 Å². The summed E-state index contributed by atoms with van der Waals surface area (Å²) in [7, 11) is 0. The number of ether oxygens (including phenoxy) is 1. The molecule has 1 aliphatic carbocycles. The Morgan fingerprint density at radius 1 is 1.03 bits per heavy atom. The molecule has 0 bridgehead atoms. The molecule has 0 spiro atoms. The van der Waals surface area contributed by atoms with Crippen LogP contribution in [0.25, 0.3) is 17.2 Å². The van der Waals surface area contributed by atoms with Crippen LogP contribution < -0.4 is 5.32 Å². The van der Waals surface area contributed by atoms with Gasteiger partial charge in [-0.1, -0.05) is 83.9 Å². The number of rotatable bonds is 6. The summed E-state index contributed by atoms with van der Waals surface area (Å²) >= 11 is 12.0. The fourth-order valence-electron chi connectivity index (χ4n) is 3.68. The van der Waals surface area contributed by atoms with Crippen molar-refractivity contribution < 1.29 is 9.53 Å². The number of carbonyl (C=O) groups excluding carboxylic acids is 1. The summed E-state index contributed by atoms with van der Waals surface area (Å²) in [5.41, 5.74) is 5.60. The molecule has 1 aliphatic rings. The van der Waals surface area contributed by atoms with Gasteiger partial charge in [0, 0.05) is 18.7 Å². The summed E-state index contributed by atoms with van der Waals surface area (Å²) in [5, 5.41) is 3.47. The topological polar surface area (TPSA) is 51.2 Å². The monoisotopic (exact) mass is 438 g/mol. The molecule has 30 heavy (non-hydrogen) atoms. The van der Waals surface area contributed by atoms with Crippen LogP contribution in [0.15, 0.2) is 66.9 Å². The quantitative estimate of drug-likeness (QED) is 0.361. The second-order valence-corrected chi connectivity index (χ2v) is 7.68. The van der Waals surface area contributed by atoms with E-state index in [1.54, 1.807) is 12.3 Å². The first-order chi connectivity index (χ1) is 14.6. The first-order valence-electron chi connectivity index (χ1n) is 9.70. The van der Waals surface area contributed by atoms with Crippen LogP contribution in [0.4, 0.5) is 4.79 Å². The van der Waals surface area contributed by atoms with E-state index in [1.807, 2.05) is 36.4 Å². The molecular formula is C24H20Cl2N2O2. The molecule has 4 rings (SSSR count). The first kappa shape index (κ1) is 20.5. The van der Waals surface area contributed by atoms with Crippen molar-refractivity contribution in [1.29, 1.82) is 0 Å². The summed E-state index contributed by atoms with van der Waals surface area (Å²) < 4.78 is 5.52. The Balaban J connectivity index is 1.28. The molecular weight excluding hydrogens is 419 g/mol. The normalized spacial score (nSPS) is 12.6. The molecule has 0 aliphatic heterocycles. The standard InChI is InChI=1S/C24H20Cl2N2O2/c25-22-16(12-14-27-23(22)26)7-5-6-13-28-24(29)30-15-21-19-10-3-1-8-17(19)18-9-2-4-11-20(18)21/h1-5,7-12,14,21H,6,13,15H2,(H,28,29). The van der Waals surface area contributed by atoms with E-state index in [9.17, 15) is 4.79 Å². The van der Waals surface area contributed by atoms with Crippen molar-refractivity contribution in [2.45, 2.75) is 12.3 Å². The molecule has 3 aromatic rings. The molecule has 1 N–H and O–H groups in total. The SMILES string of the molecule is O=C(NCCC=Cc1ccnc(Cl)c1Cl)OCC1c2ccccc2-c2ccccc21. The number of nitrogens with zero attached hydrogens (tertiary/aromatic N) is 1. The molecule has 2 aromatic carbocycles. The lowest BCUT2D eigenvalue weighted by Gasteiger charge is -2.14. The number of aromatic nitrogens is 1. The van der Waals surface area contributed by atoms with Crippen LogP contribution in [0.1, 0.15) is 29.0 Å². The maximum atomic E-state index is 12.2. The fraction of sp³-hybridized carbons (Fsp3) is 0.167. The molecule has 4 nitrogen and oxygen atoms in total. The van der Waals surface area contributed by atoms with Gasteiger partial charge in [-0.3, -0.25) is 0 Å². The second-order valence-electron chi connectivity index (χ2n) is 6.95. The van der Waals surface area contributed by atoms with Gasteiger partial charge < -0.3 is 10.1 Å². The van der Waals surface area contributed by atoms with E-state index in [0.29, 0.717) is 24.6 Å². The Labute approximate surface area is 185 Å². The molecule has 1 amide bonds. The van der Waals surface area contributed by atoms with E-state index < -0.39 is 6.09 Å². The number of alkyl carbamates (subject to hydrolysis) is 1. The van der Waals surface area contributed by atoms with Gasteiger partial charge in [-0.15, -0.1) is 0 Å². The molecule has 0 saturated heterocycles. The maximum Gasteiger partial charge on any atom is 0.407 e. The average molecular weight is 439 g/mol. The second kappa shape index (κ2) is 9.33. The van der Waals surface area contributed by atoms with Crippen LogP contribution >= 0.6 is 23.2 Å². The third kappa shape index (κ3) is 4.35. The minimum absolute atomic E-state index is 0.0571. The third-order valence-corrected chi connectivity index (χ3v) is 5.88. The van der Waals surface area contributed by atoms with E-state index >= 15 is 0 Å². The van der Waals surface area contributed by atoms with Crippen molar-refractivity contribution in [1.82, 2.24) is 10.3 Å². The highest BCUT2D eigenvalue weighted by atomic mass is 35.5. The van der Waals surface area contributed by atoms with E-state index in [0.717, 1.165) is 5.56 Å².